The summed E-state index contributed by atoms with van der Waals surface area (Å²) in [6, 6.07) is 19.4. The molecule has 0 saturated carbocycles. The predicted molar refractivity (Wildman–Crippen MR) is 91.9 cm³/mol. The van der Waals surface area contributed by atoms with E-state index in [9.17, 15) is 8.42 Å². The van der Waals surface area contributed by atoms with E-state index in [1.165, 1.54) is 0 Å². The van der Waals surface area contributed by atoms with Gasteiger partial charge in [0, 0.05) is 18.6 Å². The van der Waals surface area contributed by atoms with Crippen molar-refractivity contribution in [3.05, 3.63) is 71.8 Å². The van der Waals surface area contributed by atoms with Gasteiger partial charge in [-0.25, -0.2) is 0 Å². The van der Waals surface area contributed by atoms with Crippen LogP contribution < -0.4 is 4.72 Å². The molecule has 1 aliphatic heterocycles. The quantitative estimate of drug-likeness (QED) is 0.935. The van der Waals surface area contributed by atoms with Crippen LogP contribution in [0, 0.1) is 0 Å². The minimum absolute atomic E-state index is 0.00617. The summed E-state index contributed by atoms with van der Waals surface area (Å²) >= 11 is 0. The molecule has 0 bridgehead atoms. The Kier molecular flexibility index (Phi) is 4.80. The molecule has 1 heterocycles. The molecule has 0 amide bonds. The van der Waals surface area contributed by atoms with E-state index in [4.69, 9.17) is 0 Å². The molecular formula is C18H22N2O2S. The van der Waals surface area contributed by atoms with Gasteiger partial charge in [-0.3, -0.25) is 0 Å². The van der Waals surface area contributed by atoms with Crippen LogP contribution in [0.5, 0.6) is 0 Å². The second kappa shape index (κ2) is 6.83. The lowest BCUT2D eigenvalue weighted by atomic mass is 9.98. The van der Waals surface area contributed by atoms with Gasteiger partial charge in [0.05, 0.1) is 0 Å². The van der Waals surface area contributed by atoms with E-state index in [2.05, 4.69) is 4.72 Å². The number of benzene rings is 2. The maximum absolute atomic E-state index is 12.8. The van der Waals surface area contributed by atoms with Crippen LogP contribution in [0.15, 0.2) is 60.7 Å². The summed E-state index contributed by atoms with van der Waals surface area (Å²) in [5, 5.41) is 0. The van der Waals surface area contributed by atoms with Crippen LogP contribution in [0.25, 0.3) is 0 Å². The van der Waals surface area contributed by atoms with Crippen molar-refractivity contribution in [3.63, 3.8) is 0 Å². The molecule has 1 aliphatic rings. The van der Waals surface area contributed by atoms with Crippen LogP contribution in [0.2, 0.25) is 0 Å². The van der Waals surface area contributed by atoms with E-state index in [0.29, 0.717) is 6.54 Å². The molecule has 0 aromatic heterocycles. The van der Waals surface area contributed by atoms with Crippen LogP contribution >= 0.6 is 0 Å². The van der Waals surface area contributed by atoms with E-state index in [0.717, 1.165) is 24.0 Å². The zero-order valence-corrected chi connectivity index (χ0v) is 14.0. The van der Waals surface area contributed by atoms with Crippen molar-refractivity contribution < 1.29 is 8.42 Å². The van der Waals surface area contributed by atoms with Gasteiger partial charge in [0.1, 0.15) is 0 Å². The Morgan fingerprint density at radius 1 is 1.04 bits per heavy atom. The molecule has 23 heavy (non-hydrogen) atoms. The fourth-order valence-electron chi connectivity index (χ4n) is 3.12. The van der Waals surface area contributed by atoms with Gasteiger partial charge in [0.25, 0.3) is 10.2 Å². The second-order valence-corrected chi connectivity index (χ2v) is 7.57. The number of nitrogens with one attached hydrogen (secondary N) is 1. The number of hydrogen-bond acceptors (Lipinski definition) is 2. The molecule has 1 N–H and O–H groups in total. The lowest BCUT2D eigenvalue weighted by Gasteiger charge is -2.39. The van der Waals surface area contributed by atoms with Gasteiger partial charge in [-0.2, -0.15) is 17.4 Å². The molecule has 4 nitrogen and oxygen atoms in total. The minimum Gasteiger partial charge on any atom is -0.195 e. The second-order valence-electron chi connectivity index (χ2n) is 5.91. The highest BCUT2D eigenvalue weighted by Crippen LogP contribution is 2.31. The van der Waals surface area contributed by atoms with Gasteiger partial charge in [-0.05, 0) is 24.0 Å². The van der Waals surface area contributed by atoms with E-state index < -0.39 is 10.2 Å². The third-order valence-corrected chi connectivity index (χ3v) is 6.00. The van der Waals surface area contributed by atoms with E-state index in [1.807, 2.05) is 67.6 Å². The fourth-order valence-corrected chi connectivity index (χ4v) is 4.79. The molecule has 0 aliphatic carbocycles. The first-order chi connectivity index (χ1) is 11.1. The zero-order chi connectivity index (χ0) is 16.3. The highest BCUT2D eigenvalue weighted by atomic mass is 32.2. The van der Waals surface area contributed by atoms with Crippen molar-refractivity contribution in [2.75, 3.05) is 0 Å². The SMILES string of the molecule is CC[C@H]1C[C@H](c2ccccc2)NS(=O)(=O)N1Cc1ccccc1. The standard InChI is InChI=1S/C18H22N2O2S/c1-2-17-13-18(16-11-7-4-8-12-16)19-23(21,22)20(17)14-15-9-5-3-6-10-15/h3-12,17-19H,2,13-14H2,1H3/t17-,18+/m0/s1. The fraction of sp³-hybridized carbons (Fsp3) is 0.333. The van der Waals surface area contributed by atoms with Crippen LogP contribution in [0.1, 0.15) is 36.9 Å². The average Bonchev–Trinajstić information content (AvgIpc) is 2.58. The Labute approximate surface area is 138 Å². The number of rotatable bonds is 4. The summed E-state index contributed by atoms with van der Waals surface area (Å²) in [7, 11) is -3.50. The lowest BCUT2D eigenvalue weighted by molar-refractivity contribution is 0.241. The third kappa shape index (κ3) is 3.63. The van der Waals surface area contributed by atoms with E-state index >= 15 is 0 Å². The van der Waals surface area contributed by atoms with Crippen LogP contribution in [-0.2, 0) is 16.8 Å². The maximum atomic E-state index is 12.8. The number of hydrogen-bond donors (Lipinski definition) is 1. The first-order valence-corrected chi connectivity index (χ1v) is 9.42. The van der Waals surface area contributed by atoms with Crippen molar-refractivity contribution in [1.82, 2.24) is 9.03 Å². The summed E-state index contributed by atoms with van der Waals surface area (Å²) in [6.07, 6.45) is 1.59. The topological polar surface area (TPSA) is 49.4 Å². The molecular weight excluding hydrogens is 308 g/mol. The first-order valence-electron chi connectivity index (χ1n) is 7.98. The molecule has 5 heteroatoms. The summed E-state index contributed by atoms with van der Waals surface area (Å²) in [6.45, 7) is 2.46. The third-order valence-electron chi connectivity index (χ3n) is 4.37. The summed E-state index contributed by atoms with van der Waals surface area (Å²) < 4.78 is 29.9. The van der Waals surface area contributed by atoms with Crippen LogP contribution in [0.3, 0.4) is 0 Å². The van der Waals surface area contributed by atoms with E-state index in [1.54, 1.807) is 4.31 Å². The van der Waals surface area contributed by atoms with Crippen molar-refractivity contribution in [2.24, 2.45) is 0 Å². The largest absolute Gasteiger partial charge is 0.280 e. The predicted octanol–water partition coefficient (Wildman–Crippen LogP) is 3.25. The van der Waals surface area contributed by atoms with Crippen molar-refractivity contribution in [2.45, 2.75) is 38.4 Å². The van der Waals surface area contributed by atoms with E-state index in [-0.39, 0.29) is 12.1 Å². The Balaban J connectivity index is 1.85. The Morgan fingerprint density at radius 3 is 2.26 bits per heavy atom. The molecule has 1 saturated heterocycles. The van der Waals surface area contributed by atoms with Crippen molar-refractivity contribution in [3.8, 4) is 0 Å². The Morgan fingerprint density at radius 2 is 1.65 bits per heavy atom. The summed E-state index contributed by atoms with van der Waals surface area (Å²) in [5.41, 5.74) is 2.03. The molecule has 3 rings (SSSR count). The highest BCUT2D eigenvalue weighted by molar-refractivity contribution is 7.87. The minimum atomic E-state index is -3.50. The average molecular weight is 330 g/mol. The number of nitrogens with zero attached hydrogens (tertiary/aromatic N) is 1. The zero-order valence-electron chi connectivity index (χ0n) is 13.2. The molecule has 2 aromatic carbocycles. The Bertz CT molecular complexity index is 732. The molecule has 0 unspecified atom stereocenters. The molecule has 122 valence electrons. The van der Waals surface area contributed by atoms with Gasteiger partial charge in [0.15, 0.2) is 0 Å². The van der Waals surface area contributed by atoms with Crippen LogP contribution in [0.4, 0.5) is 0 Å². The molecule has 2 atom stereocenters. The lowest BCUT2D eigenvalue weighted by Crippen LogP contribution is -2.53. The van der Waals surface area contributed by atoms with Gasteiger partial charge in [0.2, 0.25) is 0 Å². The van der Waals surface area contributed by atoms with Crippen molar-refractivity contribution in [1.29, 1.82) is 0 Å². The smallest absolute Gasteiger partial charge is 0.195 e. The normalized spacial score (nSPS) is 24.4. The Hall–Kier alpha value is -1.69. The van der Waals surface area contributed by atoms with Crippen molar-refractivity contribution >= 4 is 10.2 Å². The van der Waals surface area contributed by atoms with Gasteiger partial charge < -0.3 is 0 Å². The molecule has 2 aromatic rings. The molecule has 1 fully saturated rings. The maximum Gasteiger partial charge on any atom is 0.280 e. The van der Waals surface area contributed by atoms with Gasteiger partial charge in [-0.15, -0.1) is 0 Å². The highest BCUT2D eigenvalue weighted by Gasteiger charge is 2.38. The monoisotopic (exact) mass is 330 g/mol. The first kappa shape index (κ1) is 16.2. The van der Waals surface area contributed by atoms with Gasteiger partial charge >= 0.3 is 0 Å². The molecule has 0 radical (unpaired) electrons. The van der Waals surface area contributed by atoms with Gasteiger partial charge in [-0.1, -0.05) is 67.6 Å². The summed E-state index contributed by atoms with van der Waals surface area (Å²) in [5.74, 6) is 0. The molecule has 0 spiro atoms. The summed E-state index contributed by atoms with van der Waals surface area (Å²) in [4.78, 5) is 0. The van der Waals surface area contributed by atoms with Crippen LogP contribution in [-0.4, -0.2) is 18.8 Å².